The quantitative estimate of drug-likeness (QED) is 0.614. The predicted octanol–water partition coefficient (Wildman–Crippen LogP) is 4.07. The maximum atomic E-state index is 5.42. The van der Waals surface area contributed by atoms with Crippen molar-refractivity contribution in [1.82, 2.24) is 0 Å². The lowest BCUT2D eigenvalue weighted by atomic mass is 10.1. The van der Waals surface area contributed by atoms with E-state index < -0.39 is 0 Å². The number of benzene rings is 2. The largest absolute Gasteiger partial charge is 0.493 e. The standard InChI is InChI=1S/C19H19NO2/c1-5-10-22-18-9-7-16(12-19(18)21-4)13-20-17-8-6-14(2)11-15(17)3/h1,6-9,11-13H,10H2,2-4H3. The average molecular weight is 293 g/mol. The highest BCUT2D eigenvalue weighted by atomic mass is 16.5. The van der Waals surface area contributed by atoms with Crippen LogP contribution in [0.4, 0.5) is 5.69 Å². The van der Waals surface area contributed by atoms with Gasteiger partial charge in [0.05, 0.1) is 12.8 Å². The first-order valence-electron chi connectivity index (χ1n) is 6.99. The SMILES string of the molecule is C#CCOc1ccc(C=Nc2ccc(C)cc2C)cc1OC. The molecule has 0 amide bonds. The molecule has 3 heteroatoms. The number of aryl methyl sites for hydroxylation is 2. The minimum atomic E-state index is 0.215. The Kier molecular flexibility index (Phi) is 5.21. The fourth-order valence-electron chi connectivity index (χ4n) is 2.10. The molecule has 22 heavy (non-hydrogen) atoms. The first kappa shape index (κ1) is 15.7. The number of ether oxygens (including phenoxy) is 2. The summed E-state index contributed by atoms with van der Waals surface area (Å²) in [6, 6.07) is 11.8. The van der Waals surface area contributed by atoms with Gasteiger partial charge in [0.25, 0.3) is 0 Å². The minimum absolute atomic E-state index is 0.215. The summed E-state index contributed by atoms with van der Waals surface area (Å²) in [7, 11) is 1.60. The number of methoxy groups -OCH3 is 1. The van der Waals surface area contributed by atoms with Crippen molar-refractivity contribution in [2.45, 2.75) is 13.8 Å². The van der Waals surface area contributed by atoms with E-state index in [9.17, 15) is 0 Å². The Balaban J connectivity index is 2.22. The molecule has 2 rings (SSSR count). The molecule has 2 aromatic rings. The molecule has 0 atom stereocenters. The monoisotopic (exact) mass is 293 g/mol. The second-order valence-corrected chi connectivity index (χ2v) is 4.95. The van der Waals surface area contributed by atoms with Crippen LogP contribution in [0.1, 0.15) is 16.7 Å². The normalized spacial score (nSPS) is 10.5. The zero-order chi connectivity index (χ0) is 15.9. The highest BCUT2D eigenvalue weighted by Crippen LogP contribution is 2.28. The zero-order valence-electron chi connectivity index (χ0n) is 13.1. The van der Waals surface area contributed by atoms with E-state index in [1.807, 2.05) is 30.5 Å². The third-order valence-electron chi connectivity index (χ3n) is 3.20. The zero-order valence-corrected chi connectivity index (χ0v) is 13.1. The van der Waals surface area contributed by atoms with Crippen LogP contribution in [0.2, 0.25) is 0 Å². The summed E-state index contributed by atoms with van der Waals surface area (Å²) in [5.41, 5.74) is 4.27. The van der Waals surface area contributed by atoms with Crippen LogP contribution in [0.5, 0.6) is 11.5 Å². The average Bonchev–Trinajstić information content (AvgIpc) is 2.52. The van der Waals surface area contributed by atoms with Crippen molar-refractivity contribution >= 4 is 11.9 Å². The van der Waals surface area contributed by atoms with Gasteiger partial charge in [0.2, 0.25) is 0 Å². The first-order valence-corrected chi connectivity index (χ1v) is 6.99. The van der Waals surface area contributed by atoms with Crippen molar-refractivity contribution in [2.24, 2.45) is 4.99 Å². The van der Waals surface area contributed by atoms with E-state index in [1.165, 1.54) is 5.56 Å². The molecule has 0 unspecified atom stereocenters. The molecule has 0 heterocycles. The van der Waals surface area contributed by atoms with Gasteiger partial charge in [0, 0.05) is 6.21 Å². The van der Waals surface area contributed by atoms with Crippen molar-refractivity contribution in [3.8, 4) is 23.8 Å². The maximum Gasteiger partial charge on any atom is 0.162 e. The molecule has 0 aliphatic carbocycles. The van der Waals surface area contributed by atoms with Gasteiger partial charge in [-0.3, -0.25) is 4.99 Å². The molecule has 0 aromatic heterocycles. The van der Waals surface area contributed by atoms with Crippen LogP contribution in [0.15, 0.2) is 41.4 Å². The van der Waals surface area contributed by atoms with E-state index in [1.54, 1.807) is 7.11 Å². The molecule has 0 saturated heterocycles. The molecule has 0 spiro atoms. The van der Waals surface area contributed by atoms with Crippen LogP contribution < -0.4 is 9.47 Å². The van der Waals surface area contributed by atoms with Crippen molar-refractivity contribution in [3.63, 3.8) is 0 Å². The molecule has 0 fully saturated rings. The first-order chi connectivity index (χ1) is 10.6. The van der Waals surface area contributed by atoms with Gasteiger partial charge in [0.15, 0.2) is 11.5 Å². The number of rotatable bonds is 5. The van der Waals surface area contributed by atoms with Crippen LogP contribution in [-0.2, 0) is 0 Å². The molecule has 2 aromatic carbocycles. The van der Waals surface area contributed by atoms with Crippen LogP contribution in [0.25, 0.3) is 0 Å². The van der Waals surface area contributed by atoms with Gasteiger partial charge < -0.3 is 9.47 Å². The molecule has 0 saturated carbocycles. The summed E-state index contributed by atoms with van der Waals surface area (Å²) in [5, 5.41) is 0. The summed E-state index contributed by atoms with van der Waals surface area (Å²) in [5.74, 6) is 3.70. The topological polar surface area (TPSA) is 30.8 Å². The van der Waals surface area contributed by atoms with Gasteiger partial charge in [-0.1, -0.05) is 23.6 Å². The van der Waals surface area contributed by atoms with E-state index in [2.05, 4.69) is 36.9 Å². The molecular weight excluding hydrogens is 274 g/mol. The lowest BCUT2D eigenvalue weighted by molar-refractivity contribution is 0.331. The molecule has 112 valence electrons. The van der Waals surface area contributed by atoms with Crippen LogP contribution >= 0.6 is 0 Å². The molecular formula is C19H19NO2. The van der Waals surface area contributed by atoms with Gasteiger partial charge in [-0.25, -0.2) is 0 Å². The second-order valence-electron chi connectivity index (χ2n) is 4.95. The number of nitrogens with zero attached hydrogens (tertiary/aromatic N) is 1. The van der Waals surface area contributed by atoms with Crippen LogP contribution in [0, 0.1) is 26.2 Å². The van der Waals surface area contributed by atoms with Gasteiger partial charge in [0.1, 0.15) is 6.61 Å². The minimum Gasteiger partial charge on any atom is -0.493 e. The maximum absolute atomic E-state index is 5.42. The Morgan fingerprint density at radius 1 is 1.14 bits per heavy atom. The van der Waals surface area contributed by atoms with Crippen LogP contribution in [0.3, 0.4) is 0 Å². The molecule has 0 aliphatic rings. The number of terminal acetylenes is 1. The fourth-order valence-corrected chi connectivity index (χ4v) is 2.10. The van der Waals surface area contributed by atoms with E-state index in [0.717, 1.165) is 16.8 Å². The summed E-state index contributed by atoms with van der Waals surface area (Å²) in [6.07, 6.45) is 7.01. The number of aliphatic imine (C=N–C) groups is 1. The molecule has 0 aliphatic heterocycles. The van der Waals surface area contributed by atoms with Gasteiger partial charge in [-0.05, 0) is 49.2 Å². The lowest BCUT2D eigenvalue weighted by Gasteiger charge is -2.09. The van der Waals surface area contributed by atoms with Crippen molar-refractivity contribution in [3.05, 3.63) is 53.1 Å². The summed E-state index contributed by atoms with van der Waals surface area (Å²) >= 11 is 0. The molecule has 0 bridgehead atoms. The Morgan fingerprint density at radius 2 is 1.95 bits per heavy atom. The van der Waals surface area contributed by atoms with E-state index in [4.69, 9.17) is 15.9 Å². The number of hydrogen-bond donors (Lipinski definition) is 0. The Bertz CT molecular complexity index is 727. The van der Waals surface area contributed by atoms with Crippen molar-refractivity contribution in [1.29, 1.82) is 0 Å². The van der Waals surface area contributed by atoms with E-state index in [-0.39, 0.29) is 6.61 Å². The lowest BCUT2D eigenvalue weighted by Crippen LogP contribution is -1.97. The Hall–Kier alpha value is -2.73. The third-order valence-corrected chi connectivity index (χ3v) is 3.20. The number of hydrogen-bond acceptors (Lipinski definition) is 3. The molecule has 0 radical (unpaired) electrons. The second kappa shape index (κ2) is 7.33. The van der Waals surface area contributed by atoms with E-state index >= 15 is 0 Å². The smallest absolute Gasteiger partial charge is 0.162 e. The Labute approximate surface area is 131 Å². The Morgan fingerprint density at radius 3 is 2.64 bits per heavy atom. The summed E-state index contributed by atoms with van der Waals surface area (Å²) in [6.45, 7) is 4.34. The third kappa shape index (κ3) is 3.89. The highest BCUT2D eigenvalue weighted by Gasteiger charge is 2.04. The van der Waals surface area contributed by atoms with Crippen LogP contribution in [-0.4, -0.2) is 19.9 Å². The van der Waals surface area contributed by atoms with Crippen molar-refractivity contribution in [2.75, 3.05) is 13.7 Å². The molecule has 3 nitrogen and oxygen atoms in total. The highest BCUT2D eigenvalue weighted by molar-refractivity contribution is 5.83. The fraction of sp³-hybridized carbons (Fsp3) is 0.211. The molecule has 0 N–H and O–H groups in total. The summed E-state index contributed by atoms with van der Waals surface area (Å²) in [4.78, 5) is 4.53. The van der Waals surface area contributed by atoms with E-state index in [0.29, 0.717) is 11.5 Å². The summed E-state index contributed by atoms with van der Waals surface area (Å²) < 4.78 is 10.7. The van der Waals surface area contributed by atoms with Crippen molar-refractivity contribution < 1.29 is 9.47 Å². The van der Waals surface area contributed by atoms with Gasteiger partial charge in [-0.2, -0.15) is 0 Å². The van der Waals surface area contributed by atoms with Gasteiger partial charge in [-0.15, -0.1) is 6.42 Å². The van der Waals surface area contributed by atoms with Gasteiger partial charge >= 0.3 is 0 Å². The predicted molar refractivity (Wildman–Crippen MR) is 90.5 cm³/mol.